The van der Waals surface area contributed by atoms with E-state index in [-0.39, 0.29) is 39.3 Å². The first kappa shape index (κ1) is 44.5. The van der Waals surface area contributed by atoms with E-state index >= 15 is 0 Å². The maximum atomic E-state index is 7.57. The summed E-state index contributed by atoms with van der Waals surface area (Å²) in [5.41, 5.74) is 24.7. The standard InChI is InChI=1S/C67H69BN2O2/c1-36-28-45-47(66(12,13)26-24-64(45,8)9)34-52(36)70-51-23-21-40-42-32-46-48(67(14,15)27-25-65(46,10)11)35-55(42)72-60(40)56(51)57-58-53(33-44-39-18-16-17-19-54(39)71-61(44)57)69-50-22-20-37(62(2,3)4)29-41(50)43-30-38(63(5,6)7)31-49(59(43)69)68(58)70/h16-23,28-35H,24-27H2,1-15H3. The number of nitrogens with zero attached hydrogens (tertiary/aromatic N) is 2. The highest BCUT2D eigenvalue weighted by Crippen LogP contribution is 2.56. The van der Waals surface area contributed by atoms with E-state index in [1.807, 2.05) is 0 Å². The van der Waals surface area contributed by atoms with Gasteiger partial charge in [0.05, 0.1) is 16.6 Å². The summed E-state index contributed by atoms with van der Waals surface area (Å²) >= 11 is 0. The fourth-order valence-corrected chi connectivity index (χ4v) is 14.2. The zero-order valence-electron chi connectivity index (χ0n) is 45.4. The predicted octanol–water partition coefficient (Wildman–Crippen LogP) is 17.4. The van der Waals surface area contributed by atoms with Crippen molar-refractivity contribution < 1.29 is 8.83 Å². The lowest BCUT2D eigenvalue weighted by Crippen LogP contribution is -2.61. The molecule has 0 unspecified atom stereocenters. The lowest BCUT2D eigenvalue weighted by Gasteiger charge is -2.45. The van der Waals surface area contributed by atoms with Crippen molar-refractivity contribution in [1.29, 1.82) is 0 Å². The summed E-state index contributed by atoms with van der Waals surface area (Å²) in [5, 5.41) is 7.25. The molecule has 2 aliphatic carbocycles. The van der Waals surface area contributed by atoms with Gasteiger partial charge in [-0.1, -0.05) is 133 Å². The maximum Gasteiger partial charge on any atom is 0.333 e. The number of aryl methyl sites for hydroxylation is 1. The minimum atomic E-state index is -0.184. The highest BCUT2D eigenvalue weighted by atomic mass is 16.3. The summed E-state index contributed by atoms with van der Waals surface area (Å²) in [6.07, 6.45) is 4.63. The summed E-state index contributed by atoms with van der Waals surface area (Å²) in [4.78, 5) is 2.76. The molecule has 0 radical (unpaired) electrons. The van der Waals surface area contributed by atoms with Crippen LogP contribution in [0, 0.1) is 6.92 Å². The number of para-hydroxylation sites is 1. The van der Waals surface area contributed by atoms with Gasteiger partial charge >= 0.3 is 6.85 Å². The Bertz CT molecular complexity index is 4090. The van der Waals surface area contributed by atoms with Gasteiger partial charge in [0, 0.05) is 54.9 Å². The van der Waals surface area contributed by atoms with Crippen LogP contribution >= 0.6 is 0 Å². The van der Waals surface area contributed by atoms with Crippen LogP contribution in [-0.4, -0.2) is 11.4 Å². The summed E-state index contributed by atoms with van der Waals surface area (Å²) < 4.78 is 17.5. The van der Waals surface area contributed by atoms with Crippen LogP contribution in [0.1, 0.15) is 162 Å². The van der Waals surface area contributed by atoms with E-state index in [1.54, 1.807) is 0 Å². The van der Waals surface area contributed by atoms with Crippen LogP contribution in [0.5, 0.6) is 0 Å². The lowest BCUT2D eigenvalue weighted by molar-refractivity contribution is 0.332. The zero-order valence-corrected chi connectivity index (χ0v) is 45.4. The molecule has 362 valence electrons. The first-order valence-corrected chi connectivity index (χ1v) is 27.0. The van der Waals surface area contributed by atoms with Gasteiger partial charge in [0.2, 0.25) is 0 Å². The molecule has 4 aliphatic rings. The molecule has 10 aromatic rings. The maximum absolute atomic E-state index is 7.57. The fraction of sp³-hybridized carbons (Fsp3) is 0.373. The summed E-state index contributed by atoms with van der Waals surface area (Å²) in [5.74, 6) is 0. The second-order valence-corrected chi connectivity index (χ2v) is 27.5. The highest BCUT2D eigenvalue weighted by Gasteiger charge is 2.49. The molecule has 72 heavy (non-hydrogen) atoms. The van der Waals surface area contributed by atoms with E-state index in [1.165, 1.54) is 94.9 Å². The zero-order chi connectivity index (χ0) is 50.3. The molecule has 2 aliphatic heterocycles. The van der Waals surface area contributed by atoms with Gasteiger partial charge in [-0.2, -0.15) is 0 Å². The smallest absolute Gasteiger partial charge is 0.333 e. The number of furan rings is 2. The van der Waals surface area contributed by atoms with Crippen molar-refractivity contribution in [3.8, 4) is 16.8 Å². The van der Waals surface area contributed by atoms with E-state index in [4.69, 9.17) is 8.83 Å². The van der Waals surface area contributed by atoms with Gasteiger partial charge in [0.1, 0.15) is 22.3 Å². The topological polar surface area (TPSA) is 34.5 Å². The van der Waals surface area contributed by atoms with Crippen molar-refractivity contribution in [2.24, 2.45) is 0 Å². The van der Waals surface area contributed by atoms with Crippen LogP contribution in [-0.2, 0) is 32.5 Å². The van der Waals surface area contributed by atoms with E-state index in [9.17, 15) is 0 Å². The van der Waals surface area contributed by atoms with Crippen LogP contribution in [0.4, 0.5) is 11.4 Å². The number of anilines is 2. The van der Waals surface area contributed by atoms with Gasteiger partial charge in [-0.15, -0.1) is 0 Å². The molecule has 5 heteroatoms. The summed E-state index contributed by atoms with van der Waals surface area (Å²) in [7, 11) is 0. The van der Waals surface area contributed by atoms with Crippen molar-refractivity contribution in [1.82, 2.24) is 4.57 Å². The van der Waals surface area contributed by atoms with Gasteiger partial charge < -0.3 is 18.2 Å². The van der Waals surface area contributed by atoms with E-state index in [0.717, 1.165) is 74.6 Å². The number of benzene rings is 7. The molecule has 14 rings (SSSR count). The van der Waals surface area contributed by atoms with Crippen molar-refractivity contribution in [2.75, 3.05) is 4.81 Å². The molecule has 0 N–H and O–H groups in total. The minimum absolute atomic E-state index is 0.0147. The first-order valence-electron chi connectivity index (χ1n) is 27.0. The lowest BCUT2D eigenvalue weighted by atomic mass is 9.43. The monoisotopic (exact) mass is 945 g/mol. The van der Waals surface area contributed by atoms with Gasteiger partial charge in [0.25, 0.3) is 0 Å². The average molecular weight is 945 g/mol. The second kappa shape index (κ2) is 13.7. The Kier molecular flexibility index (Phi) is 8.46. The van der Waals surface area contributed by atoms with Crippen molar-refractivity contribution in [3.63, 3.8) is 0 Å². The molecule has 0 saturated heterocycles. The van der Waals surface area contributed by atoms with Crippen LogP contribution in [0.3, 0.4) is 0 Å². The third-order valence-corrected chi connectivity index (χ3v) is 18.9. The molecule has 5 heterocycles. The number of hydrogen-bond donors (Lipinski definition) is 0. The van der Waals surface area contributed by atoms with Crippen LogP contribution in [0.2, 0.25) is 0 Å². The molecular weight excluding hydrogens is 876 g/mol. The third kappa shape index (κ3) is 5.77. The largest absolute Gasteiger partial charge is 0.455 e. The van der Waals surface area contributed by atoms with E-state index in [0.29, 0.717) is 0 Å². The number of hydrogen-bond acceptors (Lipinski definition) is 3. The first-order chi connectivity index (χ1) is 33.8. The second-order valence-electron chi connectivity index (χ2n) is 27.5. The predicted molar refractivity (Wildman–Crippen MR) is 307 cm³/mol. The normalized spacial score (nSPS) is 18.4. The third-order valence-electron chi connectivity index (χ3n) is 18.9. The fourth-order valence-electron chi connectivity index (χ4n) is 14.2. The van der Waals surface area contributed by atoms with Gasteiger partial charge in [-0.3, -0.25) is 0 Å². The Labute approximate surface area is 425 Å². The minimum Gasteiger partial charge on any atom is -0.455 e. The number of rotatable bonds is 1. The molecule has 7 aromatic carbocycles. The van der Waals surface area contributed by atoms with Gasteiger partial charge in [-0.25, -0.2) is 0 Å². The molecule has 0 spiro atoms. The quantitative estimate of drug-likeness (QED) is 0.154. The summed E-state index contributed by atoms with van der Waals surface area (Å²) in [6.45, 7) is 35.9. The molecular formula is C67H69BN2O2. The number of aromatic nitrogens is 1. The molecule has 0 saturated carbocycles. The average Bonchev–Trinajstić information content (AvgIpc) is 3.99. The van der Waals surface area contributed by atoms with E-state index < -0.39 is 0 Å². The van der Waals surface area contributed by atoms with Crippen molar-refractivity contribution in [2.45, 2.75) is 162 Å². The van der Waals surface area contributed by atoms with Crippen LogP contribution in [0.25, 0.3) is 82.5 Å². The Balaban J connectivity index is 1.21. The van der Waals surface area contributed by atoms with E-state index in [2.05, 4.69) is 210 Å². The molecule has 0 bridgehead atoms. The Morgan fingerprint density at radius 2 is 1.07 bits per heavy atom. The van der Waals surface area contributed by atoms with Gasteiger partial charge in [0.15, 0.2) is 0 Å². The molecule has 0 atom stereocenters. The Hall–Kier alpha value is -6.20. The SMILES string of the molecule is Cc1cc2c(cc1N1B3c4c(cc5c(oc6ccccc65)c4-c4c1ccc1c4oc4cc5c(cc41)C(C)(C)CCC5(C)C)-n1c4ccc(C(C)(C)C)cc4c4cc(C(C)(C)C)cc3c41)C(C)(C)CCC2(C)C. The van der Waals surface area contributed by atoms with Crippen LogP contribution < -0.4 is 15.7 Å². The number of fused-ring (bicyclic) bond motifs is 17. The Morgan fingerprint density at radius 3 is 1.75 bits per heavy atom. The Morgan fingerprint density at radius 1 is 0.472 bits per heavy atom. The molecule has 0 amide bonds. The van der Waals surface area contributed by atoms with Crippen LogP contribution in [0.15, 0.2) is 106 Å². The molecule has 4 nitrogen and oxygen atoms in total. The molecule has 3 aromatic heterocycles. The summed E-state index contributed by atoms with van der Waals surface area (Å²) in [6, 6.07) is 38.5. The van der Waals surface area contributed by atoms with Gasteiger partial charge in [-0.05, 0) is 176 Å². The highest BCUT2D eigenvalue weighted by molar-refractivity contribution is 6.94. The van der Waals surface area contributed by atoms with Crippen molar-refractivity contribution in [3.05, 3.63) is 136 Å². The van der Waals surface area contributed by atoms with Crippen molar-refractivity contribution >= 4 is 94.8 Å². The molecule has 0 fully saturated rings.